The van der Waals surface area contributed by atoms with Crippen LogP contribution in [0, 0.1) is 5.92 Å². The van der Waals surface area contributed by atoms with E-state index in [9.17, 15) is 15.0 Å². The number of aromatic nitrogens is 1. The van der Waals surface area contributed by atoms with Gasteiger partial charge in [-0.2, -0.15) is 0 Å². The van der Waals surface area contributed by atoms with Crippen LogP contribution >= 0.6 is 0 Å². The number of guanidine groups is 1. The van der Waals surface area contributed by atoms with Crippen LogP contribution in [0.4, 0.5) is 0 Å². The van der Waals surface area contributed by atoms with Gasteiger partial charge in [-0.1, -0.05) is 13.8 Å². The summed E-state index contributed by atoms with van der Waals surface area (Å²) >= 11 is 0. The molecule has 1 aliphatic rings. The van der Waals surface area contributed by atoms with Gasteiger partial charge < -0.3 is 31.7 Å². The van der Waals surface area contributed by atoms with E-state index in [1.807, 2.05) is 13.8 Å². The van der Waals surface area contributed by atoms with Crippen LogP contribution in [-0.4, -0.2) is 39.7 Å². The molecule has 1 aliphatic heterocycles. The summed E-state index contributed by atoms with van der Waals surface area (Å²) < 4.78 is 6.17. The van der Waals surface area contributed by atoms with Gasteiger partial charge in [0.05, 0.1) is 0 Å². The molecule has 1 atom stereocenters. The molecule has 0 saturated heterocycles. The summed E-state index contributed by atoms with van der Waals surface area (Å²) in [5, 5.41) is 22.9. The number of fused-ring (bicyclic) bond motifs is 1. The van der Waals surface area contributed by atoms with Crippen molar-refractivity contribution in [3.05, 3.63) is 0 Å². The van der Waals surface area contributed by atoms with E-state index in [2.05, 4.69) is 10.3 Å². The van der Waals surface area contributed by atoms with Gasteiger partial charge in [0.15, 0.2) is 5.96 Å². The molecule has 1 aromatic rings. The maximum Gasteiger partial charge on any atom is 0.243 e. The number of nitrogens with one attached hydrogen (secondary N) is 1. The molecule has 134 valence electrons. The highest BCUT2D eigenvalue weighted by Crippen LogP contribution is 2.61. The van der Waals surface area contributed by atoms with Crippen LogP contribution in [0.2, 0.25) is 0 Å². The van der Waals surface area contributed by atoms with E-state index >= 15 is 0 Å². The van der Waals surface area contributed by atoms with Crippen LogP contribution in [0.3, 0.4) is 0 Å². The summed E-state index contributed by atoms with van der Waals surface area (Å²) in [7, 11) is 0. The Hall–Kier alpha value is -2.58. The average Bonchev–Trinajstić information content (AvgIpc) is 3.24. The van der Waals surface area contributed by atoms with Crippen molar-refractivity contribution in [3.63, 3.8) is 0 Å². The smallest absolute Gasteiger partial charge is 0.243 e. The highest BCUT2D eigenvalue weighted by Gasteiger charge is 2.41. The molecular formula is C15H25N5O4. The van der Waals surface area contributed by atoms with Crippen LogP contribution in [0.25, 0.3) is 0 Å². The fraction of sp³-hybridized carbons (Fsp3) is 0.600. The zero-order valence-electron chi connectivity index (χ0n) is 14.0. The zero-order chi connectivity index (χ0) is 17.9. The third-order valence-electron chi connectivity index (χ3n) is 3.72. The van der Waals surface area contributed by atoms with Gasteiger partial charge in [0.25, 0.3) is 0 Å². The predicted octanol–water partition coefficient (Wildman–Crippen LogP) is 0.762. The molecule has 9 nitrogen and oxygen atoms in total. The van der Waals surface area contributed by atoms with Crippen molar-refractivity contribution in [1.29, 1.82) is 0 Å². The molecular weight excluding hydrogens is 314 g/mol. The van der Waals surface area contributed by atoms with Gasteiger partial charge in [0.2, 0.25) is 29.2 Å². The first-order valence-electron chi connectivity index (χ1n) is 8.00. The third-order valence-corrected chi connectivity index (χ3v) is 3.72. The molecule has 0 unspecified atom stereocenters. The van der Waals surface area contributed by atoms with E-state index < -0.39 is 6.04 Å². The number of carbonyl (C=O) groups is 1. The number of nitrogens with two attached hydrogens (primary N) is 2. The van der Waals surface area contributed by atoms with Gasteiger partial charge in [0.1, 0.15) is 6.04 Å². The number of hydrogen-bond donors (Lipinski definition) is 5. The lowest BCUT2D eigenvalue weighted by Crippen LogP contribution is -2.34. The summed E-state index contributed by atoms with van der Waals surface area (Å²) in [5.41, 5.74) is 10.5. The molecule has 2 heterocycles. The molecule has 0 saturated carbocycles. The van der Waals surface area contributed by atoms with Gasteiger partial charge in [-0.15, -0.1) is 0 Å². The second-order valence-corrected chi connectivity index (χ2v) is 6.23. The van der Waals surface area contributed by atoms with E-state index in [0.29, 0.717) is 19.5 Å². The average molecular weight is 339 g/mol. The standard InChI is InChI=1S/C15H25N5O4/c1-8(2)7-9(20-13(22)10-11(24-10)14(20)23)12(21)18-5-3-4-6-19-15(16)17/h8-9,22-23H,3-7H2,1-2H3,(H,18,21)(H4,16,17,19)/t9-/m0/s1. The van der Waals surface area contributed by atoms with Crippen LogP contribution in [-0.2, 0) is 4.79 Å². The Morgan fingerprint density at radius 2 is 1.88 bits per heavy atom. The highest BCUT2D eigenvalue weighted by molar-refractivity contribution is 5.82. The molecule has 0 spiro atoms. The van der Waals surface area contributed by atoms with Gasteiger partial charge >= 0.3 is 0 Å². The van der Waals surface area contributed by atoms with Crippen molar-refractivity contribution in [3.8, 4) is 23.3 Å². The predicted molar refractivity (Wildman–Crippen MR) is 89.2 cm³/mol. The summed E-state index contributed by atoms with van der Waals surface area (Å²) in [6.07, 6.45) is 1.95. The lowest BCUT2D eigenvalue weighted by atomic mass is 10.0. The Kier molecular flexibility index (Phi) is 5.42. The van der Waals surface area contributed by atoms with Gasteiger partial charge in [-0.3, -0.25) is 14.4 Å². The van der Waals surface area contributed by atoms with Crippen molar-refractivity contribution >= 4 is 11.9 Å². The number of nitrogens with zero attached hydrogens (tertiary/aromatic N) is 2. The maximum atomic E-state index is 12.5. The quantitative estimate of drug-likeness (QED) is 0.197. The first kappa shape index (κ1) is 17.8. The van der Waals surface area contributed by atoms with Crippen LogP contribution in [0.15, 0.2) is 4.99 Å². The van der Waals surface area contributed by atoms with E-state index in [1.165, 1.54) is 4.57 Å². The van der Waals surface area contributed by atoms with Gasteiger partial charge in [0, 0.05) is 13.1 Å². The normalized spacial score (nSPS) is 13.1. The first-order chi connectivity index (χ1) is 11.3. The van der Waals surface area contributed by atoms with Gasteiger partial charge in [-0.05, 0) is 25.2 Å². The highest BCUT2D eigenvalue weighted by atomic mass is 16.6. The van der Waals surface area contributed by atoms with Crippen molar-refractivity contribution in [1.82, 2.24) is 9.88 Å². The molecule has 2 rings (SSSR count). The molecule has 0 radical (unpaired) electrons. The summed E-state index contributed by atoms with van der Waals surface area (Å²) in [6, 6.07) is -0.695. The van der Waals surface area contributed by atoms with Gasteiger partial charge in [-0.25, -0.2) is 0 Å². The molecule has 7 N–H and O–H groups in total. The second-order valence-electron chi connectivity index (χ2n) is 6.23. The van der Waals surface area contributed by atoms with E-state index in [1.54, 1.807) is 0 Å². The zero-order valence-corrected chi connectivity index (χ0v) is 14.0. The van der Waals surface area contributed by atoms with Crippen molar-refractivity contribution in [2.45, 2.75) is 39.2 Å². The number of ether oxygens (including phenoxy) is 1. The lowest BCUT2D eigenvalue weighted by Gasteiger charge is -2.22. The van der Waals surface area contributed by atoms with Crippen LogP contribution < -0.4 is 21.5 Å². The number of aromatic hydroxyl groups is 2. The van der Waals surface area contributed by atoms with E-state index in [4.69, 9.17) is 16.2 Å². The molecule has 24 heavy (non-hydrogen) atoms. The lowest BCUT2D eigenvalue weighted by molar-refractivity contribution is -0.125. The first-order valence-corrected chi connectivity index (χ1v) is 8.00. The van der Waals surface area contributed by atoms with E-state index in [0.717, 1.165) is 12.8 Å². The second kappa shape index (κ2) is 7.33. The summed E-state index contributed by atoms with van der Waals surface area (Å²) in [5.74, 6) is 0.0600. The van der Waals surface area contributed by atoms with Crippen LogP contribution in [0.5, 0.6) is 23.3 Å². The minimum atomic E-state index is -0.695. The Morgan fingerprint density at radius 3 is 2.42 bits per heavy atom. The number of rotatable bonds is 9. The Labute approximate surface area is 140 Å². The van der Waals surface area contributed by atoms with Crippen molar-refractivity contribution in [2.24, 2.45) is 22.4 Å². The minimum Gasteiger partial charge on any atom is -0.492 e. The van der Waals surface area contributed by atoms with Crippen molar-refractivity contribution < 1.29 is 19.7 Å². The Bertz CT molecular complexity index is 609. The Balaban J connectivity index is 1.93. The SMILES string of the molecule is CC(C)C[C@@H](C(=O)NCCCCN=C(N)N)n1c(O)c2c(c1O)O2. The Morgan fingerprint density at radius 1 is 1.25 bits per heavy atom. The number of hydrogen-bond acceptors (Lipinski definition) is 5. The summed E-state index contributed by atoms with van der Waals surface area (Å²) in [4.78, 5) is 16.4. The number of carbonyl (C=O) groups excluding carboxylic acids is 1. The topological polar surface area (TPSA) is 151 Å². The van der Waals surface area contributed by atoms with Crippen LogP contribution in [0.1, 0.15) is 39.2 Å². The maximum absolute atomic E-state index is 12.5. The number of unbranched alkanes of at least 4 members (excludes halogenated alkanes) is 1. The molecule has 0 bridgehead atoms. The molecule has 0 aromatic carbocycles. The summed E-state index contributed by atoms with van der Waals surface area (Å²) in [6.45, 7) is 4.91. The monoisotopic (exact) mass is 339 g/mol. The number of aliphatic imine (C=N–C) groups is 1. The molecule has 9 heteroatoms. The van der Waals surface area contributed by atoms with Crippen molar-refractivity contribution in [2.75, 3.05) is 13.1 Å². The third kappa shape index (κ3) is 4.03. The molecule has 1 amide bonds. The minimum absolute atomic E-state index is 0.0536. The fourth-order valence-corrected chi connectivity index (χ4v) is 2.54. The largest absolute Gasteiger partial charge is 0.492 e. The fourth-order valence-electron chi connectivity index (χ4n) is 2.54. The van der Waals surface area contributed by atoms with E-state index in [-0.39, 0.29) is 41.0 Å². The molecule has 1 aromatic heterocycles. The molecule has 0 aliphatic carbocycles. The number of amides is 1. The molecule has 0 fully saturated rings.